The van der Waals surface area contributed by atoms with Crippen molar-refractivity contribution in [2.75, 3.05) is 7.11 Å². The fourth-order valence-corrected chi connectivity index (χ4v) is 4.31. The number of carbonyl (C=O) groups is 1. The molecule has 0 aromatic heterocycles. The molecule has 0 amide bonds. The van der Waals surface area contributed by atoms with Crippen LogP contribution < -0.4 is 4.74 Å². The number of hydrazone groups is 1. The Morgan fingerprint density at radius 1 is 1.25 bits per heavy atom. The van der Waals surface area contributed by atoms with Gasteiger partial charge in [-0.1, -0.05) is 12.1 Å². The smallest absolute Gasteiger partial charge is 0.154 e. The van der Waals surface area contributed by atoms with Crippen molar-refractivity contribution in [1.82, 2.24) is 5.01 Å². The van der Waals surface area contributed by atoms with E-state index in [1.807, 2.05) is 24.1 Å². The molecule has 1 aliphatic heterocycles. The van der Waals surface area contributed by atoms with E-state index in [2.05, 4.69) is 12.1 Å². The third-order valence-corrected chi connectivity index (χ3v) is 5.49. The summed E-state index contributed by atoms with van der Waals surface area (Å²) in [7, 11) is 1.66. The summed E-state index contributed by atoms with van der Waals surface area (Å²) in [6.07, 6.45) is 3.40. The van der Waals surface area contributed by atoms with Crippen LogP contribution in [0.5, 0.6) is 5.75 Å². The van der Waals surface area contributed by atoms with Crippen LogP contribution in [0.25, 0.3) is 0 Å². The molecule has 4 nitrogen and oxygen atoms in total. The number of fused-ring (bicyclic) bond motifs is 3. The third-order valence-electron chi connectivity index (χ3n) is 5.49. The number of hydrogen-bond acceptors (Lipinski definition) is 4. The number of ketones is 1. The predicted octanol–water partition coefficient (Wildman–Crippen LogP) is 4.65. The minimum atomic E-state index is -0.264. The van der Waals surface area contributed by atoms with Gasteiger partial charge in [-0.3, -0.25) is 9.80 Å². The molecule has 2 atom stereocenters. The number of ether oxygens (including phenoxy) is 1. The molecule has 0 N–H and O–H groups in total. The quantitative estimate of drug-likeness (QED) is 0.727. The molecule has 1 heterocycles. The summed E-state index contributed by atoms with van der Waals surface area (Å²) in [4.78, 5) is 11.7. The maximum atomic E-state index is 14.0. The lowest BCUT2D eigenvalue weighted by Crippen LogP contribution is -2.28. The molecule has 0 spiro atoms. The first-order valence-corrected chi connectivity index (χ1v) is 9.47. The zero-order valence-electron chi connectivity index (χ0n) is 16.3. The van der Waals surface area contributed by atoms with Crippen molar-refractivity contribution in [3.63, 3.8) is 0 Å². The van der Waals surface area contributed by atoms with Gasteiger partial charge < -0.3 is 4.74 Å². The average molecular weight is 378 g/mol. The second-order valence-electron chi connectivity index (χ2n) is 7.39. The summed E-state index contributed by atoms with van der Waals surface area (Å²) >= 11 is 0. The van der Waals surface area contributed by atoms with Crippen LogP contribution in [0.1, 0.15) is 43.0 Å². The van der Waals surface area contributed by atoms with Crippen LogP contribution in [0.2, 0.25) is 0 Å². The Kier molecular flexibility index (Phi) is 4.75. The van der Waals surface area contributed by atoms with E-state index in [0.717, 1.165) is 41.1 Å². The van der Waals surface area contributed by atoms with E-state index in [1.165, 1.54) is 18.6 Å². The van der Waals surface area contributed by atoms with E-state index >= 15 is 0 Å². The maximum Gasteiger partial charge on any atom is 0.154 e. The molecule has 2 aromatic carbocycles. The van der Waals surface area contributed by atoms with E-state index in [0.29, 0.717) is 0 Å². The van der Waals surface area contributed by atoms with Crippen molar-refractivity contribution in [2.45, 2.75) is 32.7 Å². The molecule has 28 heavy (non-hydrogen) atoms. The number of methoxy groups -OCH3 is 1. The van der Waals surface area contributed by atoms with Gasteiger partial charge in [-0.15, -0.1) is 0 Å². The summed E-state index contributed by atoms with van der Waals surface area (Å²) in [5.74, 6) is 0.677. The number of hydrogen-bond donors (Lipinski definition) is 0. The van der Waals surface area contributed by atoms with Crippen LogP contribution >= 0.6 is 0 Å². The fraction of sp³-hybridized carbons (Fsp3) is 0.304. The second-order valence-corrected chi connectivity index (χ2v) is 7.39. The van der Waals surface area contributed by atoms with Crippen molar-refractivity contribution in [2.24, 2.45) is 11.0 Å². The Bertz CT molecular complexity index is 996. The maximum absolute atomic E-state index is 14.0. The molecule has 0 saturated carbocycles. The lowest BCUT2D eigenvalue weighted by Gasteiger charge is -2.31. The Morgan fingerprint density at radius 2 is 2.07 bits per heavy atom. The molecule has 0 saturated heterocycles. The molecule has 4 rings (SSSR count). The SMILES string of the molecule is COc1ccc2c(c1)CC[C@@H]1C2=NN(/C(C)=C/C(C)=O)[C@H]1c1cccc(F)c1. The molecule has 2 aliphatic rings. The molecule has 2 aromatic rings. The van der Waals surface area contributed by atoms with E-state index in [-0.39, 0.29) is 23.6 Å². The Hall–Kier alpha value is -2.95. The number of rotatable bonds is 4. The molecular formula is C23H23FN2O2. The number of aryl methyl sites for hydroxylation is 1. The van der Waals surface area contributed by atoms with Crippen molar-refractivity contribution in [3.8, 4) is 5.75 Å². The van der Waals surface area contributed by atoms with Gasteiger partial charge in [0.2, 0.25) is 0 Å². The largest absolute Gasteiger partial charge is 0.497 e. The summed E-state index contributed by atoms with van der Waals surface area (Å²) in [5, 5.41) is 6.80. The highest BCUT2D eigenvalue weighted by Gasteiger charge is 2.42. The van der Waals surface area contributed by atoms with Crippen molar-refractivity contribution in [1.29, 1.82) is 0 Å². The Morgan fingerprint density at radius 3 is 2.79 bits per heavy atom. The minimum absolute atomic E-state index is 0.0318. The topological polar surface area (TPSA) is 41.9 Å². The Labute approximate surface area is 164 Å². The first kappa shape index (κ1) is 18.4. The van der Waals surface area contributed by atoms with E-state index < -0.39 is 0 Å². The van der Waals surface area contributed by atoms with E-state index in [4.69, 9.17) is 9.84 Å². The number of carbonyl (C=O) groups excluding carboxylic acids is 1. The molecule has 5 heteroatoms. The van der Waals surface area contributed by atoms with Crippen LogP contribution in [0.15, 0.2) is 59.3 Å². The predicted molar refractivity (Wildman–Crippen MR) is 107 cm³/mol. The monoisotopic (exact) mass is 378 g/mol. The summed E-state index contributed by atoms with van der Waals surface area (Å²) < 4.78 is 19.3. The fourth-order valence-electron chi connectivity index (χ4n) is 4.31. The van der Waals surface area contributed by atoms with Crippen molar-refractivity contribution in [3.05, 3.63) is 76.7 Å². The molecule has 0 fully saturated rings. The average Bonchev–Trinajstić information content (AvgIpc) is 3.07. The number of allylic oxidation sites excluding steroid dienone is 2. The van der Waals surface area contributed by atoms with Crippen LogP contribution in [-0.4, -0.2) is 23.6 Å². The minimum Gasteiger partial charge on any atom is -0.497 e. The lowest BCUT2D eigenvalue weighted by atomic mass is 9.77. The first-order chi connectivity index (χ1) is 13.5. The molecule has 0 unspecified atom stereocenters. The van der Waals surface area contributed by atoms with Crippen LogP contribution in [0, 0.1) is 11.7 Å². The zero-order chi connectivity index (χ0) is 19.8. The van der Waals surface area contributed by atoms with Crippen molar-refractivity contribution >= 4 is 11.5 Å². The number of benzene rings is 2. The second kappa shape index (κ2) is 7.23. The highest BCUT2D eigenvalue weighted by Crippen LogP contribution is 2.45. The van der Waals surface area contributed by atoms with Gasteiger partial charge in [-0.2, -0.15) is 5.10 Å². The van der Waals surface area contributed by atoms with E-state index in [1.54, 1.807) is 25.3 Å². The van der Waals surface area contributed by atoms with Gasteiger partial charge in [-0.25, -0.2) is 4.39 Å². The molecule has 144 valence electrons. The molecule has 0 bridgehead atoms. The van der Waals surface area contributed by atoms with E-state index in [9.17, 15) is 9.18 Å². The van der Waals surface area contributed by atoms with Crippen LogP contribution in [-0.2, 0) is 11.2 Å². The van der Waals surface area contributed by atoms with Gasteiger partial charge in [0.15, 0.2) is 5.78 Å². The Balaban J connectivity index is 1.82. The summed E-state index contributed by atoms with van der Waals surface area (Å²) in [6, 6.07) is 12.6. The van der Waals surface area contributed by atoms with Gasteiger partial charge in [-0.05, 0) is 68.1 Å². The highest BCUT2D eigenvalue weighted by atomic mass is 19.1. The normalized spacial score (nSPS) is 21.1. The molecule has 0 radical (unpaired) electrons. The third kappa shape index (κ3) is 3.21. The van der Waals surface area contributed by atoms with Gasteiger partial charge in [0.1, 0.15) is 11.6 Å². The van der Waals surface area contributed by atoms with Gasteiger partial charge >= 0.3 is 0 Å². The number of nitrogens with zero attached hydrogens (tertiary/aromatic N) is 2. The first-order valence-electron chi connectivity index (χ1n) is 9.47. The lowest BCUT2D eigenvalue weighted by molar-refractivity contribution is -0.112. The van der Waals surface area contributed by atoms with Crippen LogP contribution in [0.3, 0.4) is 0 Å². The summed E-state index contributed by atoms with van der Waals surface area (Å²) in [6.45, 7) is 3.41. The van der Waals surface area contributed by atoms with Crippen LogP contribution in [0.4, 0.5) is 4.39 Å². The number of halogens is 1. The van der Waals surface area contributed by atoms with Gasteiger partial charge in [0.25, 0.3) is 0 Å². The van der Waals surface area contributed by atoms with Crippen molar-refractivity contribution < 1.29 is 13.9 Å². The highest BCUT2D eigenvalue weighted by molar-refractivity contribution is 6.06. The molecule has 1 aliphatic carbocycles. The molecular weight excluding hydrogens is 355 g/mol. The standard InChI is InChI=1S/C23H23FN2O2/c1-14(11-15(2)27)26-23(17-5-4-6-18(24)12-17)21-9-7-16-13-19(28-3)8-10-20(16)22(21)25-26/h4-6,8,10-13,21,23H,7,9H2,1-3H3/b14-11+/t21-,23+/m1/s1. The zero-order valence-corrected chi connectivity index (χ0v) is 16.3. The van der Waals surface area contributed by atoms with Gasteiger partial charge in [0, 0.05) is 23.3 Å². The van der Waals surface area contributed by atoms with Gasteiger partial charge in [0.05, 0.1) is 18.9 Å². The summed E-state index contributed by atoms with van der Waals surface area (Å²) in [5.41, 5.74) is 4.95.